The van der Waals surface area contributed by atoms with Crippen molar-refractivity contribution in [3.63, 3.8) is 0 Å². The minimum Gasteiger partial charge on any atom is -0.468 e. The molecule has 20 heavy (non-hydrogen) atoms. The molecule has 1 N–H and O–H groups in total. The molecule has 0 atom stereocenters. The molecule has 0 aliphatic heterocycles. The van der Waals surface area contributed by atoms with Crippen molar-refractivity contribution in [3.8, 4) is 5.75 Å². The van der Waals surface area contributed by atoms with Crippen LogP contribution in [-0.4, -0.2) is 25.2 Å². The Balaban J connectivity index is 2.86. The molecule has 7 heteroatoms. The van der Waals surface area contributed by atoms with Crippen molar-refractivity contribution in [2.24, 2.45) is 0 Å². The Hall–Kier alpha value is -1.21. The van der Waals surface area contributed by atoms with Crippen LogP contribution >= 0.6 is 15.9 Å². The Morgan fingerprint density at radius 1 is 1.45 bits per heavy atom. The summed E-state index contributed by atoms with van der Waals surface area (Å²) in [5.41, 5.74) is -0.421. The minimum absolute atomic E-state index is 0.0661. The first-order valence-electron chi connectivity index (χ1n) is 5.83. The molecule has 0 aromatic heterocycles. The maximum Gasteiger partial charge on any atom is 0.387 e. The maximum absolute atomic E-state index is 12.3. The highest BCUT2D eigenvalue weighted by molar-refractivity contribution is 9.10. The second-order valence-electron chi connectivity index (χ2n) is 4.60. The number of rotatable bonds is 6. The fourth-order valence-corrected chi connectivity index (χ4v) is 1.95. The molecule has 0 radical (unpaired) electrons. The summed E-state index contributed by atoms with van der Waals surface area (Å²) in [5.74, 6) is -0.375. The smallest absolute Gasteiger partial charge is 0.387 e. The number of hydrogen-bond donors (Lipinski definition) is 1. The van der Waals surface area contributed by atoms with Crippen molar-refractivity contribution >= 4 is 21.9 Å². The number of carbonyl (C=O) groups is 1. The van der Waals surface area contributed by atoms with E-state index in [1.807, 2.05) is 0 Å². The fraction of sp³-hybridized carbons (Fsp3) is 0.462. The zero-order valence-corrected chi connectivity index (χ0v) is 13.0. The number of alkyl halides is 2. The fourth-order valence-electron chi connectivity index (χ4n) is 1.54. The van der Waals surface area contributed by atoms with E-state index >= 15 is 0 Å². The van der Waals surface area contributed by atoms with E-state index in [-0.39, 0.29) is 12.3 Å². The van der Waals surface area contributed by atoms with Gasteiger partial charge in [-0.3, -0.25) is 10.1 Å². The van der Waals surface area contributed by atoms with Gasteiger partial charge in [-0.25, -0.2) is 0 Å². The lowest BCUT2D eigenvalue weighted by Gasteiger charge is -2.24. The Kier molecular flexibility index (Phi) is 5.88. The van der Waals surface area contributed by atoms with E-state index in [1.165, 1.54) is 13.2 Å². The van der Waals surface area contributed by atoms with Gasteiger partial charge in [-0.05, 0) is 32.0 Å². The Morgan fingerprint density at radius 2 is 2.10 bits per heavy atom. The van der Waals surface area contributed by atoms with Crippen molar-refractivity contribution in [1.82, 2.24) is 5.32 Å². The van der Waals surface area contributed by atoms with Crippen LogP contribution in [0.5, 0.6) is 5.75 Å². The van der Waals surface area contributed by atoms with Crippen molar-refractivity contribution in [3.05, 3.63) is 28.2 Å². The van der Waals surface area contributed by atoms with Crippen LogP contribution in [0.3, 0.4) is 0 Å². The normalized spacial score (nSPS) is 11.6. The van der Waals surface area contributed by atoms with Crippen LogP contribution in [0.1, 0.15) is 19.4 Å². The van der Waals surface area contributed by atoms with Crippen molar-refractivity contribution in [1.29, 1.82) is 0 Å². The van der Waals surface area contributed by atoms with Gasteiger partial charge < -0.3 is 9.47 Å². The molecule has 0 saturated carbocycles. The summed E-state index contributed by atoms with van der Waals surface area (Å²) in [4.78, 5) is 11.5. The number of nitrogens with one attached hydrogen (secondary N) is 1. The molecule has 0 unspecified atom stereocenters. The molecular formula is C13H16BrF2NO3. The molecular weight excluding hydrogens is 336 g/mol. The van der Waals surface area contributed by atoms with Crippen molar-refractivity contribution < 1.29 is 23.0 Å². The molecule has 1 aromatic carbocycles. The number of benzene rings is 1. The van der Waals surface area contributed by atoms with E-state index in [0.717, 1.165) is 4.47 Å². The van der Waals surface area contributed by atoms with E-state index in [2.05, 4.69) is 30.7 Å². The van der Waals surface area contributed by atoms with Crippen LogP contribution in [0.4, 0.5) is 8.78 Å². The summed E-state index contributed by atoms with van der Waals surface area (Å²) in [6.07, 6.45) is 0. The molecule has 112 valence electrons. The van der Waals surface area contributed by atoms with Gasteiger partial charge in [-0.15, -0.1) is 0 Å². The van der Waals surface area contributed by atoms with Gasteiger partial charge in [0, 0.05) is 16.6 Å². The van der Waals surface area contributed by atoms with Crippen LogP contribution in [0.2, 0.25) is 0 Å². The SMILES string of the molecule is COC(=O)C(C)(C)NCc1cc(Br)ccc1OC(F)F. The van der Waals surface area contributed by atoms with Gasteiger partial charge in [0.2, 0.25) is 0 Å². The zero-order chi connectivity index (χ0) is 15.3. The lowest BCUT2D eigenvalue weighted by molar-refractivity contribution is -0.147. The number of halogens is 3. The van der Waals surface area contributed by atoms with Crippen molar-refractivity contribution in [2.75, 3.05) is 7.11 Å². The van der Waals surface area contributed by atoms with E-state index in [4.69, 9.17) is 0 Å². The maximum atomic E-state index is 12.3. The predicted octanol–water partition coefficient (Wildman–Crippen LogP) is 3.09. The van der Waals surface area contributed by atoms with E-state index in [0.29, 0.717) is 5.56 Å². The summed E-state index contributed by atoms with van der Waals surface area (Å²) in [6, 6.07) is 4.70. The zero-order valence-electron chi connectivity index (χ0n) is 11.4. The molecule has 4 nitrogen and oxygen atoms in total. The average Bonchev–Trinajstić information content (AvgIpc) is 2.37. The molecule has 0 bridgehead atoms. The second kappa shape index (κ2) is 6.99. The Morgan fingerprint density at radius 3 is 2.65 bits per heavy atom. The van der Waals surface area contributed by atoms with Gasteiger partial charge >= 0.3 is 12.6 Å². The highest BCUT2D eigenvalue weighted by Gasteiger charge is 2.28. The first-order valence-corrected chi connectivity index (χ1v) is 6.62. The first kappa shape index (κ1) is 16.8. The molecule has 0 heterocycles. The molecule has 0 amide bonds. The number of carbonyl (C=O) groups excluding carboxylic acids is 1. The third kappa shape index (κ3) is 4.72. The highest BCUT2D eigenvalue weighted by atomic mass is 79.9. The molecule has 1 aromatic rings. The Labute approximate surface area is 124 Å². The average molecular weight is 352 g/mol. The molecule has 0 aliphatic rings. The van der Waals surface area contributed by atoms with Gasteiger partial charge in [0.15, 0.2) is 0 Å². The number of ether oxygens (including phenoxy) is 2. The third-order valence-electron chi connectivity index (χ3n) is 2.66. The number of hydrogen-bond acceptors (Lipinski definition) is 4. The number of methoxy groups -OCH3 is 1. The van der Waals surface area contributed by atoms with Gasteiger partial charge in [0.25, 0.3) is 0 Å². The van der Waals surface area contributed by atoms with Gasteiger partial charge in [0.1, 0.15) is 11.3 Å². The van der Waals surface area contributed by atoms with Gasteiger partial charge in [0.05, 0.1) is 7.11 Å². The lowest BCUT2D eigenvalue weighted by atomic mass is 10.1. The van der Waals surface area contributed by atoms with Crippen LogP contribution in [0, 0.1) is 0 Å². The standard InChI is InChI=1S/C13H16BrF2NO3/c1-13(2,11(18)19-3)17-7-8-6-9(14)4-5-10(8)20-12(15)16/h4-6,12,17H,7H2,1-3H3. The highest BCUT2D eigenvalue weighted by Crippen LogP contribution is 2.25. The second-order valence-corrected chi connectivity index (χ2v) is 5.52. The molecule has 0 saturated heterocycles. The van der Waals surface area contributed by atoms with E-state index < -0.39 is 18.1 Å². The summed E-state index contributed by atoms with van der Waals surface area (Å²) in [7, 11) is 1.29. The largest absolute Gasteiger partial charge is 0.468 e. The topological polar surface area (TPSA) is 47.6 Å². The lowest BCUT2D eigenvalue weighted by Crippen LogP contribution is -2.47. The first-order chi connectivity index (χ1) is 9.26. The van der Waals surface area contributed by atoms with Crippen molar-refractivity contribution in [2.45, 2.75) is 32.5 Å². The molecule has 1 rings (SSSR count). The summed E-state index contributed by atoms with van der Waals surface area (Å²) >= 11 is 3.26. The molecule has 0 fully saturated rings. The third-order valence-corrected chi connectivity index (χ3v) is 3.15. The summed E-state index contributed by atoms with van der Waals surface area (Å²) in [5, 5.41) is 2.95. The van der Waals surface area contributed by atoms with Crippen LogP contribution in [0.25, 0.3) is 0 Å². The van der Waals surface area contributed by atoms with Crippen LogP contribution < -0.4 is 10.1 Å². The summed E-state index contributed by atoms with van der Waals surface area (Å²) in [6.45, 7) is 0.571. The quantitative estimate of drug-likeness (QED) is 0.800. The van der Waals surface area contributed by atoms with E-state index in [1.54, 1.807) is 26.0 Å². The number of esters is 1. The van der Waals surface area contributed by atoms with Gasteiger partial charge in [-0.2, -0.15) is 8.78 Å². The van der Waals surface area contributed by atoms with Gasteiger partial charge in [-0.1, -0.05) is 15.9 Å². The van der Waals surface area contributed by atoms with Crippen LogP contribution in [0.15, 0.2) is 22.7 Å². The molecule has 0 aliphatic carbocycles. The Bertz CT molecular complexity index is 481. The van der Waals surface area contributed by atoms with E-state index in [9.17, 15) is 13.6 Å². The predicted molar refractivity (Wildman–Crippen MR) is 73.7 cm³/mol. The molecule has 0 spiro atoms. The monoisotopic (exact) mass is 351 g/mol. The van der Waals surface area contributed by atoms with Crippen LogP contribution in [-0.2, 0) is 16.1 Å². The summed E-state index contributed by atoms with van der Waals surface area (Å²) < 4.78 is 34.5. The minimum atomic E-state index is -2.90.